The number of aromatic nitrogens is 2. The van der Waals surface area contributed by atoms with Crippen LogP contribution in [-0.4, -0.2) is 57.6 Å². The van der Waals surface area contributed by atoms with Gasteiger partial charge in [-0.25, -0.2) is 17.6 Å². The number of hydrazone groups is 1. The molecule has 0 unspecified atom stereocenters. The first-order valence-electron chi connectivity index (χ1n) is 7.66. The Morgan fingerprint density at radius 3 is 2.70 bits per heavy atom. The summed E-state index contributed by atoms with van der Waals surface area (Å²) in [6.45, 7) is 0. The van der Waals surface area contributed by atoms with Gasteiger partial charge in [-0.1, -0.05) is 12.1 Å². The second kappa shape index (κ2) is 6.99. The number of carbonyl (C=O) groups is 1. The standard InChI is InChI=1S/C16H14F4N4O3/c1-27-9-4-2-3-8(5-9)10-6-11(22-21-10)14(25)24-16(26,15(19)20)7-12(23-24)13(17)18/h2-6,13,15,26H,7H2,1H3,(H,21,22)/t16-/m1/s1. The second-order valence-electron chi connectivity index (χ2n) is 5.76. The molecule has 0 saturated heterocycles. The lowest BCUT2D eigenvalue weighted by Gasteiger charge is -2.29. The van der Waals surface area contributed by atoms with E-state index in [1.54, 1.807) is 24.3 Å². The summed E-state index contributed by atoms with van der Waals surface area (Å²) in [5, 5.41) is 19.5. The minimum atomic E-state index is -3.50. The maximum absolute atomic E-state index is 13.2. The van der Waals surface area contributed by atoms with E-state index in [1.807, 2.05) is 0 Å². The number of benzene rings is 1. The summed E-state index contributed by atoms with van der Waals surface area (Å²) in [5.41, 5.74) is -3.60. The fraction of sp³-hybridized carbons (Fsp3) is 0.312. The number of rotatable bonds is 5. The highest BCUT2D eigenvalue weighted by atomic mass is 19.3. The minimum Gasteiger partial charge on any atom is -0.497 e. The molecule has 144 valence electrons. The van der Waals surface area contributed by atoms with Gasteiger partial charge >= 0.3 is 0 Å². The molecule has 0 spiro atoms. The molecular weight excluding hydrogens is 372 g/mol. The lowest BCUT2D eigenvalue weighted by molar-refractivity contribution is -0.164. The highest BCUT2D eigenvalue weighted by molar-refractivity contribution is 5.98. The maximum Gasteiger partial charge on any atom is 0.294 e. The Kier molecular flexibility index (Phi) is 4.87. The van der Waals surface area contributed by atoms with Crippen LogP contribution in [-0.2, 0) is 0 Å². The van der Waals surface area contributed by atoms with Crippen molar-refractivity contribution < 1.29 is 32.2 Å². The fourth-order valence-corrected chi connectivity index (χ4v) is 2.58. The van der Waals surface area contributed by atoms with E-state index in [-0.39, 0.29) is 16.4 Å². The highest BCUT2D eigenvalue weighted by Gasteiger charge is 2.53. The number of carbonyl (C=O) groups excluding carboxylic acids is 1. The number of aromatic amines is 1. The largest absolute Gasteiger partial charge is 0.497 e. The molecule has 1 aromatic heterocycles. The molecule has 2 heterocycles. The molecular formula is C16H14F4N4O3. The molecule has 2 N–H and O–H groups in total. The number of alkyl halides is 4. The SMILES string of the molecule is COc1cccc(-c2cc(C(=O)N3N=C(C(F)F)C[C@@]3(O)C(F)F)[nH]n2)c1. The topological polar surface area (TPSA) is 90.8 Å². The van der Waals surface area contributed by atoms with Gasteiger partial charge in [-0.2, -0.15) is 15.2 Å². The van der Waals surface area contributed by atoms with Crippen LogP contribution in [0.1, 0.15) is 16.9 Å². The van der Waals surface area contributed by atoms with E-state index in [0.717, 1.165) is 0 Å². The van der Waals surface area contributed by atoms with E-state index in [9.17, 15) is 27.5 Å². The molecule has 0 radical (unpaired) electrons. The van der Waals surface area contributed by atoms with Gasteiger partial charge in [0.05, 0.1) is 12.8 Å². The van der Waals surface area contributed by atoms with Crippen LogP contribution in [0.5, 0.6) is 5.75 Å². The third-order valence-corrected chi connectivity index (χ3v) is 4.00. The number of nitrogens with one attached hydrogen (secondary N) is 1. The number of methoxy groups -OCH3 is 1. The van der Waals surface area contributed by atoms with Crippen LogP contribution in [0.4, 0.5) is 17.6 Å². The molecule has 1 amide bonds. The van der Waals surface area contributed by atoms with Crippen LogP contribution < -0.4 is 4.74 Å². The van der Waals surface area contributed by atoms with Crippen LogP contribution in [0.3, 0.4) is 0 Å². The van der Waals surface area contributed by atoms with Crippen LogP contribution in [0.2, 0.25) is 0 Å². The van der Waals surface area contributed by atoms with Gasteiger partial charge in [-0.15, -0.1) is 0 Å². The first-order valence-corrected chi connectivity index (χ1v) is 7.66. The van der Waals surface area contributed by atoms with Crippen molar-refractivity contribution in [2.75, 3.05) is 7.11 Å². The average molecular weight is 386 g/mol. The Balaban J connectivity index is 1.92. The molecule has 3 rings (SSSR count). The van der Waals surface area contributed by atoms with Crippen molar-refractivity contribution >= 4 is 11.6 Å². The molecule has 7 nitrogen and oxygen atoms in total. The van der Waals surface area contributed by atoms with Gasteiger partial charge in [0.1, 0.15) is 17.2 Å². The number of H-pyrrole nitrogens is 1. The Hall–Kier alpha value is -2.95. The predicted octanol–water partition coefficient (Wildman–Crippen LogP) is 2.51. The van der Waals surface area contributed by atoms with Crippen molar-refractivity contribution in [3.05, 3.63) is 36.0 Å². The van der Waals surface area contributed by atoms with Gasteiger partial charge in [0.15, 0.2) is 0 Å². The van der Waals surface area contributed by atoms with Gasteiger partial charge in [0, 0.05) is 12.0 Å². The summed E-state index contributed by atoms with van der Waals surface area (Å²) in [5.74, 6) is -0.684. The van der Waals surface area contributed by atoms with Crippen LogP contribution in [0.25, 0.3) is 11.3 Å². The van der Waals surface area contributed by atoms with Crippen LogP contribution >= 0.6 is 0 Å². The van der Waals surface area contributed by atoms with E-state index < -0.39 is 36.6 Å². The zero-order chi connectivity index (χ0) is 19.8. The van der Waals surface area contributed by atoms with E-state index in [1.165, 1.54) is 13.2 Å². The quantitative estimate of drug-likeness (QED) is 0.773. The normalized spacial score (nSPS) is 19.7. The second-order valence-corrected chi connectivity index (χ2v) is 5.76. The summed E-state index contributed by atoms with van der Waals surface area (Å²) < 4.78 is 57.2. The minimum absolute atomic E-state index is 0.0258. The molecule has 1 aromatic carbocycles. The number of ether oxygens (including phenoxy) is 1. The molecule has 27 heavy (non-hydrogen) atoms. The molecule has 1 aliphatic heterocycles. The lowest BCUT2D eigenvalue weighted by atomic mass is 10.1. The molecule has 0 aliphatic carbocycles. The van der Waals surface area contributed by atoms with Gasteiger partial charge in [-0.3, -0.25) is 9.89 Å². The molecule has 1 aliphatic rings. The third kappa shape index (κ3) is 3.37. The zero-order valence-corrected chi connectivity index (χ0v) is 13.9. The number of amides is 1. The molecule has 1 atom stereocenters. The molecule has 11 heteroatoms. The van der Waals surface area contributed by atoms with Gasteiger partial charge in [-0.05, 0) is 18.2 Å². The van der Waals surface area contributed by atoms with Gasteiger partial charge in [0.2, 0.25) is 5.72 Å². The molecule has 2 aromatic rings. The lowest BCUT2D eigenvalue weighted by Crippen LogP contribution is -2.51. The number of nitrogens with zero attached hydrogens (tertiary/aromatic N) is 3. The average Bonchev–Trinajstić information content (AvgIpc) is 3.27. The smallest absolute Gasteiger partial charge is 0.294 e. The van der Waals surface area contributed by atoms with E-state index >= 15 is 0 Å². The summed E-state index contributed by atoms with van der Waals surface area (Å²) in [6.07, 6.45) is -7.82. The van der Waals surface area contributed by atoms with Crippen LogP contribution in [0, 0.1) is 0 Å². The van der Waals surface area contributed by atoms with Crippen molar-refractivity contribution in [3.8, 4) is 17.0 Å². The van der Waals surface area contributed by atoms with Crippen molar-refractivity contribution in [1.82, 2.24) is 15.2 Å². The Labute approximate surface area is 150 Å². The first-order chi connectivity index (χ1) is 12.8. The molecule has 0 saturated carbocycles. The Morgan fingerprint density at radius 1 is 1.33 bits per heavy atom. The molecule has 0 bridgehead atoms. The summed E-state index contributed by atoms with van der Waals surface area (Å²) in [6, 6.07) is 7.91. The number of hydrogen-bond donors (Lipinski definition) is 2. The summed E-state index contributed by atoms with van der Waals surface area (Å²) in [7, 11) is 1.47. The third-order valence-electron chi connectivity index (χ3n) is 4.00. The fourth-order valence-electron chi connectivity index (χ4n) is 2.58. The van der Waals surface area contributed by atoms with E-state index in [2.05, 4.69) is 15.3 Å². The summed E-state index contributed by atoms with van der Waals surface area (Å²) >= 11 is 0. The van der Waals surface area contributed by atoms with E-state index in [0.29, 0.717) is 11.3 Å². The van der Waals surface area contributed by atoms with Gasteiger partial charge < -0.3 is 9.84 Å². The van der Waals surface area contributed by atoms with E-state index in [4.69, 9.17) is 4.74 Å². The Morgan fingerprint density at radius 2 is 2.07 bits per heavy atom. The van der Waals surface area contributed by atoms with Crippen molar-refractivity contribution in [2.45, 2.75) is 25.0 Å². The van der Waals surface area contributed by atoms with Crippen molar-refractivity contribution in [1.29, 1.82) is 0 Å². The number of halogens is 4. The van der Waals surface area contributed by atoms with Crippen LogP contribution in [0.15, 0.2) is 35.4 Å². The zero-order valence-electron chi connectivity index (χ0n) is 13.9. The molecule has 0 fully saturated rings. The van der Waals surface area contributed by atoms with Crippen molar-refractivity contribution in [2.24, 2.45) is 5.10 Å². The Bertz CT molecular complexity index is 886. The summed E-state index contributed by atoms with van der Waals surface area (Å²) in [4.78, 5) is 12.5. The number of aliphatic hydroxyl groups is 1. The monoisotopic (exact) mass is 386 g/mol. The van der Waals surface area contributed by atoms with Gasteiger partial charge in [0.25, 0.3) is 18.8 Å². The number of hydrogen-bond acceptors (Lipinski definition) is 5. The van der Waals surface area contributed by atoms with Crippen molar-refractivity contribution in [3.63, 3.8) is 0 Å². The predicted molar refractivity (Wildman–Crippen MR) is 85.8 cm³/mol. The highest BCUT2D eigenvalue weighted by Crippen LogP contribution is 2.34. The first kappa shape index (κ1) is 18.8. The maximum atomic E-state index is 13.2.